The number of nitrogens with one attached hydrogen (secondary N) is 1. The van der Waals surface area contributed by atoms with E-state index in [-0.39, 0.29) is 0 Å². The van der Waals surface area contributed by atoms with Gasteiger partial charge < -0.3 is 21.3 Å². The van der Waals surface area contributed by atoms with E-state index >= 15 is 0 Å². The number of alkyl halides is 3. The van der Waals surface area contributed by atoms with Crippen molar-refractivity contribution in [2.75, 3.05) is 0 Å². The highest BCUT2D eigenvalue weighted by Crippen LogP contribution is 2.28. The molecule has 2 atom stereocenters. The molecule has 0 heterocycles. The summed E-state index contributed by atoms with van der Waals surface area (Å²) in [4.78, 5) is 32.3. The largest absolute Gasteiger partial charge is 0.481 e. The van der Waals surface area contributed by atoms with E-state index < -0.39 is 48.4 Å². The Morgan fingerprint density at radius 3 is 2.05 bits per heavy atom. The zero-order valence-electron chi connectivity index (χ0n) is 9.82. The normalized spacial score (nSPS) is 16.3. The number of amides is 1. The summed E-state index contributed by atoms with van der Waals surface area (Å²) in [5.41, 5.74) is 1.54. The molecule has 0 bridgehead atoms. The summed E-state index contributed by atoms with van der Waals surface area (Å²) in [6.45, 7) is 0.387. The molecule has 19 heavy (non-hydrogen) atoms. The van der Waals surface area contributed by atoms with Crippen LogP contribution in [0.5, 0.6) is 0 Å². The van der Waals surface area contributed by atoms with Gasteiger partial charge in [0.1, 0.15) is 6.04 Å². The van der Waals surface area contributed by atoms with Crippen LogP contribution in [0.15, 0.2) is 0 Å². The smallest absolute Gasteiger partial charge is 0.415 e. The van der Waals surface area contributed by atoms with E-state index in [4.69, 9.17) is 15.9 Å². The maximum Gasteiger partial charge on any atom is 0.415 e. The molecule has 5 N–H and O–H groups in total. The van der Waals surface area contributed by atoms with Crippen LogP contribution in [-0.4, -0.2) is 45.8 Å². The predicted octanol–water partition coefficient (Wildman–Crippen LogP) is -0.300. The SMILES string of the molecule is CC(N)(C(=O)NC(CCC(=O)O)C(=O)O)C(F)(F)F. The molecule has 0 aromatic heterocycles. The van der Waals surface area contributed by atoms with Crippen molar-refractivity contribution >= 4 is 17.8 Å². The van der Waals surface area contributed by atoms with Crippen LogP contribution in [0.1, 0.15) is 19.8 Å². The van der Waals surface area contributed by atoms with Crippen LogP contribution in [0.4, 0.5) is 13.2 Å². The van der Waals surface area contributed by atoms with Gasteiger partial charge >= 0.3 is 18.1 Å². The van der Waals surface area contributed by atoms with Crippen molar-refractivity contribution in [3.8, 4) is 0 Å². The first-order valence-electron chi connectivity index (χ1n) is 5.00. The maximum atomic E-state index is 12.4. The Morgan fingerprint density at radius 2 is 1.74 bits per heavy atom. The van der Waals surface area contributed by atoms with Gasteiger partial charge in [0, 0.05) is 6.42 Å². The Balaban J connectivity index is 4.82. The van der Waals surface area contributed by atoms with Gasteiger partial charge in [-0.3, -0.25) is 9.59 Å². The number of carbonyl (C=O) groups is 3. The molecule has 0 fully saturated rings. The first kappa shape index (κ1) is 17.2. The lowest BCUT2D eigenvalue weighted by atomic mass is 10.0. The second-order valence-electron chi connectivity index (χ2n) is 4.00. The average molecular weight is 286 g/mol. The fourth-order valence-corrected chi connectivity index (χ4v) is 0.962. The molecule has 0 saturated carbocycles. The Labute approximate surface area is 105 Å². The summed E-state index contributed by atoms with van der Waals surface area (Å²) in [7, 11) is 0. The predicted molar refractivity (Wildman–Crippen MR) is 55.1 cm³/mol. The minimum Gasteiger partial charge on any atom is -0.481 e. The molecule has 0 rings (SSSR count). The lowest BCUT2D eigenvalue weighted by Crippen LogP contribution is -2.63. The summed E-state index contributed by atoms with van der Waals surface area (Å²) >= 11 is 0. The monoisotopic (exact) mass is 286 g/mol. The van der Waals surface area contributed by atoms with Gasteiger partial charge in [0.05, 0.1) is 0 Å². The number of hydrogen-bond acceptors (Lipinski definition) is 4. The van der Waals surface area contributed by atoms with Crippen molar-refractivity contribution in [2.45, 2.75) is 37.5 Å². The highest BCUT2D eigenvalue weighted by molar-refractivity contribution is 5.90. The summed E-state index contributed by atoms with van der Waals surface area (Å²) in [5.74, 6) is -4.72. The second kappa shape index (κ2) is 5.87. The van der Waals surface area contributed by atoms with E-state index in [1.54, 1.807) is 5.32 Å². The molecular weight excluding hydrogens is 273 g/mol. The molecule has 7 nitrogen and oxygen atoms in total. The van der Waals surface area contributed by atoms with E-state index in [1.165, 1.54) is 0 Å². The number of halogens is 3. The minimum absolute atomic E-state index is 0.387. The molecule has 110 valence electrons. The topological polar surface area (TPSA) is 130 Å². The van der Waals surface area contributed by atoms with Crippen molar-refractivity contribution < 1.29 is 37.8 Å². The zero-order valence-corrected chi connectivity index (χ0v) is 9.82. The number of hydrogen-bond donors (Lipinski definition) is 4. The third kappa shape index (κ3) is 4.73. The maximum absolute atomic E-state index is 12.4. The average Bonchev–Trinajstić information content (AvgIpc) is 2.21. The number of carboxylic acids is 2. The molecule has 0 spiro atoms. The first-order valence-corrected chi connectivity index (χ1v) is 5.00. The van der Waals surface area contributed by atoms with Gasteiger partial charge in [-0.1, -0.05) is 0 Å². The van der Waals surface area contributed by atoms with E-state index in [9.17, 15) is 27.6 Å². The van der Waals surface area contributed by atoms with E-state index in [0.29, 0.717) is 6.92 Å². The molecular formula is C9H13F3N2O5. The highest BCUT2D eigenvalue weighted by Gasteiger charge is 2.54. The van der Waals surface area contributed by atoms with Gasteiger partial charge in [0.2, 0.25) is 5.91 Å². The van der Waals surface area contributed by atoms with Crippen LogP contribution >= 0.6 is 0 Å². The van der Waals surface area contributed by atoms with Crippen molar-refractivity contribution in [1.82, 2.24) is 5.32 Å². The lowest BCUT2D eigenvalue weighted by molar-refractivity contribution is -0.188. The fraction of sp³-hybridized carbons (Fsp3) is 0.667. The summed E-state index contributed by atoms with van der Waals surface area (Å²) in [6.07, 6.45) is -6.23. The number of nitrogens with two attached hydrogens (primary N) is 1. The standard InChI is InChI=1S/C9H13F3N2O5/c1-8(13,9(10,11)12)7(19)14-4(6(17)18)2-3-5(15)16/h4H,2-3,13H2,1H3,(H,14,19)(H,15,16)(H,17,18). The Bertz CT molecular complexity index is 381. The van der Waals surface area contributed by atoms with Gasteiger partial charge in [-0.25, -0.2) is 4.79 Å². The fourth-order valence-electron chi connectivity index (χ4n) is 0.962. The minimum atomic E-state index is -5.06. The molecule has 1 amide bonds. The van der Waals surface area contributed by atoms with Crippen molar-refractivity contribution in [1.29, 1.82) is 0 Å². The van der Waals surface area contributed by atoms with Gasteiger partial charge in [0.25, 0.3) is 0 Å². The Hall–Kier alpha value is -1.84. The molecule has 0 aliphatic heterocycles. The number of carbonyl (C=O) groups excluding carboxylic acids is 1. The Kier molecular flexibility index (Phi) is 5.30. The van der Waals surface area contributed by atoms with Crippen LogP contribution in [0.3, 0.4) is 0 Å². The van der Waals surface area contributed by atoms with Gasteiger partial charge in [0.15, 0.2) is 5.54 Å². The number of carboxylic acid groups (broad SMARTS) is 2. The number of rotatable bonds is 6. The van der Waals surface area contributed by atoms with Gasteiger partial charge in [-0.2, -0.15) is 13.2 Å². The molecule has 10 heteroatoms. The van der Waals surface area contributed by atoms with E-state index in [1.807, 2.05) is 0 Å². The molecule has 0 radical (unpaired) electrons. The molecule has 0 aliphatic carbocycles. The Morgan fingerprint density at radius 1 is 1.26 bits per heavy atom. The van der Waals surface area contributed by atoms with Gasteiger partial charge in [-0.05, 0) is 13.3 Å². The van der Waals surface area contributed by atoms with Crippen LogP contribution in [0.25, 0.3) is 0 Å². The first-order chi connectivity index (χ1) is 8.39. The number of aliphatic carboxylic acids is 2. The molecule has 0 aliphatic rings. The van der Waals surface area contributed by atoms with Crippen molar-refractivity contribution in [3.63, 3.8) is 0 Å². The van der Waals surface area contributed by atoms with Crippen LogP contribution in [0, 0.1) is 0 Å². The van der Waals surface area contributed by atoms with Gasteiger partial charge in [-0.15, -0.1) is 0 Å². The molecule has 0 saturated heterocycles. The third-order valence-electron chi connectivity index (χ3n) is 2.31. The zero-order chi connectivity index (χ0) is 15.4. The van der Waals surface area contributed by atoms with Crippen LogP contribution in [0.2, 0.25) is 0 Å². The quantitative estimate of drug-likeness (QED) is 0.530. The molecule has 2 unspecified atom stereocenters. The third-order valence-corrected chi connectivity index (χ3v) is 2.31. The second-order valence-corrected chi connectivity index (χ2v) is 4.00. The van der Waals surface area contributed by atoms with E-state index in [0.717, 1.165) is 0 Å². The van der Waals surface area contributed by atoms with E-state index in [2.05, 4.69) is 0 Å². The summed E-state index contributed by atoms with van der Waals surface area (Å²) in [6, 6.07) is -1.76. The van der Waals surface area contributed by atoms with Crippen molar-refractivity contribution in [3.05, 3.63) is 0 Å². The molecule has 0 aromatic rings. The lowest BCUT2D eigenvalue weighted by Gasteiger charge is -2.27. The van der Waals surface area contributed by atoms with Crippen LogP contribution in [-0.2, 0) is 14.4 Å². The highest BCUT2D eigenvalue weighted by atomic mass is 19.4. The van der Waals surface area contributed by atoms with Crippen LogP contribution < -0.4 is 11.1 Å². The summed E-state index contributed by atoms with van der Waals surface area (Å²) in [5, 5.41) is 18.6. The van der Waals surface area contributed by atoms with Crippen molar-refractivity contribution in [2.24, 2.45) is 5.73 Å². The summed E-state index contributed by atoms with van der Waals surface area (Å²) < 4.78 is 37.3. The molecule has 0 aromatic carbocycles.